The van der Waals surface area contributed by atoms with E-state index in [1.807, 2.05) is 37.3 Å². The van der Waals surface area contributed by atoms with Crippen LogP contribution in [0.3, 0.4) is 0 Å². The summed E-state index contributed by atoms with van der Waals surface area (Å²) in [6, 6.07) is 16.2. The highest BCUT2D eigenvalue weighted by molar-refractivity contribution is 5.98. The molecule has 2 aliphatic rings. The Morgan fingerprint density at radius 1 is 1.12 bits per heavy atom. The number of hydrogen-bond donors (Lipinski definition) is 4. The van der Waals surface area contributed by atoms with Crippen molar-refractivity contribution in [3.05, 3.63) is 71.7 Å². The molecule has 40 heavy (non-hydrogen) atoms. The first-order valence-corrected chi connectivity index (χ1v) is 12.8. The van der Waals surface area contributed by atoms with Gasteiger partial charge >= 0.3 is 12.1 Å². The second-order valence-electron chi connectivity index (χ2n) is 10.2. The zero-order chi connectivity index (χ0) is 29.1. The lowest BCUT2D eigenvalue weighted by molar-refractivity contribution is -0.192. The van der Waals surface area contributed by atoms with Crippen LogP contribution in [-0.4, -0.2) is 71.2 Å². The standard InChI is InChI=1S/C26H29FN4O2.C2HF3O2/c1-17(29-24(32)23-14-19-4-2-3-5-22(19)30-23)16-31-12-10-26(11-13-31)21(15-28-25(26)33)18-6-8-20(27)9-7-18;3-2(4,5)1(6)7/h2-9,14,17,21,30H,10-13,15-16H2,1H3,(H,28,33)(H,29,32);(H,6,7)/t17-,21-;/m0./s1. The van der Waals surface area contributed by atoms with Crippen molar-refractivity contribution in [2.75, 3.05) is 26.2 Å². The Kier molecular flexibility index (Phi) is 8.48. The van der Waals surface area contributed by atoms with Crippen LogP contribution in [0, 0.1) is 11.2 Å². The van der Waals surface area contributed by atoms with Crippen LogP contribution in [0.2, 0.25) is 0 Å². The number of alkyl halides is 3. The number of aromatic amines is 1. The van der Waals surface area contributed by atoms with Crippen molar-refractivity contribution >= 4 is 28.7 Å². The summed E-state index contributed by atoms with van der Waals surface area (Å²) in [6.45, 7) is 4.91. The van der Waals surface area contributed by atoms with Gasteiger partial charge in [-0.05, 0) is 62.7 Å². The summed E-state index contributed by atoms with van der Waals surface area (Å²) in [6.07, 6.45) is -3.58. The van der Waals surface area contributed by atoms with Crippen LogP contribution in [0.1, 0.15) is 41.7 Å². The quantitative estimate of drug-likeness (QED) is 0.351. The summed E-state index contributed by atoms with van der Waals surface area (Å²) in [7, 11) is 0. The highest BCUT2D eigenvalue weighted by Gasteiger charge is 2.52. The van der Waals surface area contributed by atoms with Crippen molar-refractivity contribution in [1.82, 2.24) is 20.5 Å². The van der Waals surface area contributed by atoms with Crippen molar-refractivity contribution in [2.45, 2.75) is 37.9 Å². The maximum Gasteiger partial charge on any atom is 0.490 e. The number of piperidine rings is 1. The van der Waals surface area contributed by atoms with Crippen molar-refractivity contribution < 1.29 is 37.1 Å². The SMILES string of the molecule is C[C@@H](CN1CCC2(CC1)C(=O)NC[C@H]2c1ccc(F)cc1)NC(=O)c1cc2ccccc2[nH]1.O=C(O)C(F)(F)F. The Labute approximate surface area is 227 Å². The summed E-state index contributed by atoms with van der Waals surface area (Å²) < 4.78 is 45.1. The summed E-state index contributed by atoms with van der Waals surface area (Å²) in [4.78, 5) is 39.9. The Balaban J connectivity index is 0.000000470. The van der Waals surface area contributed by atoms with Gasteiger partial charge in [-0.3, -0.25) is 9.59 Å². The van der Waals surface area contributed by atoms with E-state index in [1.54, 1.807) is 12.1 Å². The maximum atomic E-state index is 13.4. The number of benzene rings is 2. The number of likely N-dealkylation sites (tertiary alicyclic amines) is 1. The average molecular weight is 563 g/mol. The van der Waals surface area contributed by atoms with Crippen LogP contribution in [0.15, 0.2) is 54.6 Å². The number of nitrogens with one attached hydrogen (secondary N) is 3. The number of rotatable bonds is 5. The van der Waals surface area contributed by atoms with Gasteiger partial charge in [0.2, 0.25) is 5.91 Å². The molecule has 3 aromatic rings. The number of fused-ring (bicyclic) bond motifs is 1. The van der Waals surface area contributed by atoms with E-state index in [4.69, 9.17) is 9.90 Å². The summed E-state index contributed by atoms with van der Waals surface area (Å²) in [5.74, 6) is -2.96. The molecule has 2 aromatic carbocycles. The molecule has 5 rings (SSSR count). The molecule has 12 heteroatoms. The third-order valence-corrected chi connectivity index (χ3v) is 7.53. The predicted octanol–water partition coefficient (Wildman–Crippen LogP) is 4.05. The molecule has 0 unspecified atom stereocenters. The van der Waals surface area contributed by atoms with E-state index in [0.717, 1.165) is 48.9 Å². The molecule has 2 aliphatic heterocycles. The van der Waals surface area contributed by atoms with Gasteiger partial charge in [-0.1, -0.05) is 30.3 Å². The Morgan fingerprint density at radius 3 is 2.35 bits per heavy atom. The average Bonchev–Trinajstić information content (AvgIpc) is 3.47. The first-order chi connectivity index (χ1) is 18.9. The highest BCUT2D eigenvalue weighted by atomic mass is 19.4. The van der Waals surface area contributed by atoms with Crippen LogP contribution < -0.4 is 10.6 Å². The second kappa shape index (κ2) is 11.7. The first-order valence-electron chi connectivity index (χ1n) is 12.8. The largest absolute Gasteiger partial charge is 0.490 e. The molecule has 0 radical (unpaired) electrons. The van der Waals surface area contributed by atoms with Gasteiger partial charge in [-0.15, -0.1) is 0 Å². The van der Waals surface area contributed by atoms with Gasteiger partial charge in [0.05, 0.1) is 5.41 Å². The summed E-state index contributed by atoms with van der Waals surface area (Å²) in [5.41, 5.74) is 2.08. The summed E-state index contributed by atoms with van der Waals surface area (Å²) >= 11 is 0. The number of amides is 2. The highest BCUT2D eigenvalue weighted by Crippen LogP contribution is 2.47. The molecule has 2 amide bonds. The number of hydrogen-bond acceptors (Lipinski definition) is 4. The van der Waals surface area contributed by atoms with E-state index in [2.05, 4.69) is 20.5 Å². The predicted molar refractivity (Wildman–Crippen MR) is 139 cm³/mol. The monoisotopic (exact) mass is 562 g/mol. The number of para-hydroxylation sites is 1. The van der Waals surface area contributed by atoms with Crippen LogP contribution >= 0.6 is 0 Å². The van der Waals surface area contributed by atoms with Gasteiger partial charge in [0.25, 0.3) is 5.91 Å². The van der Waals surface area contributed by atoms with Crippen molar-refractivity contribution in [2.24, 2.45) is 5.41 Å². The number of carboxylic acids is 1. The molecule has 214 valence electrons. The number of nitrogens with zero attached hydrogens (tertiary/aromatic N) is 1. The number of carbonyl (C=O) groups is 3. The fraction of sp³-hybridized carbons (Fsp3) is 0.393. The summed E-state index contributed by atoms with van der Waals surface area (Å²) in [5, 5.41) is 14.3. The van der Waals surface area contributed by atoms with Crippen LogP contribution in [0.25, 0.3) is 10.9 Å². The lowest BCUT2D eigenvalue weighted by atomic mass is 9.68. The van der Waals surface area contributed by atoms with Crippen LogP contribution in [-0.2, 0) is 9.59 Å². The minimum atomic E-state index is -5.08. The van der Waals surface area contributed by atoms with Gasteiger partial charge in [0, 0.05) is 36.0 Å². The molecule has 3 heterocycles. The van der Waals surface area contributed by atoms with Gasteiger partial charge in [0.1, 0.15) is 11.5 Å². The second-order valence-corrected chi connectivity index (χ2v) is 10.2. The molecule has 1 spiro atoms. The molecule has 8 nitrogen and oxygen atoms in total. The number of carbonyl (C=O) groups excluding carboxylic acids is 2. The van der Waals surface area contributed by atoms with E-state index in [1.165, 1.54) is 12.1 Å². The van der Waals surface area contributed by atoms with Crippen LogP contribution in [0.5, 0.6) is 0 Å². The Morgan fingerprint density at radius 2 is 1.75 bits per heavy atom. The molecule has 2 saturated heterocycles. The van der Waals surface area contributed by atoms with E-state index < -0.39 is 17.6 Å². The molecule has 2 fully saturated rings. The molecule has 0 bridgehead atoms. The number of halogens is 4. The number of aromatic nitrogens is 1. The lowest BCUT2D eigenvalue weighted by Crippen LogP contribution is -2.49. The fourth-order valence-electron chi connectivity index (χ4n) is 5.50. The van der Waals surface area contributed by atoms with E-state index >= 15 is 0 Å². The third-order valence-electron chi connectivity index (χ3n) is 7.53. The molecule has 1 aromatic heterocycles. The van der Waals surface area contributed by atoms with Gasteiger partial charge in [0.15, 0.2) is 0 Å². The Hall–Kier alpha value is -3.93. The van der Waals surface area contributed by atoms with Gasteiger partial charge < -0.3 is 25.6 Å². The lowest BCUT2D eigenvalue weighted by Gasteiger charge is -2.41. The van der Waals surface area contributed by atoms with Gasteiger partial charge in [-0.2, -0.15) is 13.2 Å². The smallest absolute Gasteiger partial charge is 0.475 e. The van der Waals surface area contributed by atoms with Crippen molar-refractivity contribution in [3.63, 3.8) is 0 Å². The normalized spacial score (nSPS) is 19.5. The molecular weight excluding hydrogens is 532 g/mol. The number of carboxylic acid groups (broad SMARTS) is 1. The molecule has 0 saturated carbocycles. The molecular formula is C28H30F4N4O4. The molecule has 4 N–H and O–H groups in total. The van der Waals surface area contributed by atoms with Crippen LogP contribution in [0.4, 0.5) is 17.6 Å². The van der Waals surface area contributed by atoms with E-state index in [0.29, 0.717) is 12.2 Å². The fourth-order valence-corrected chi connectivity index (χ4v) is 5.50. The van der Waals surface area contributed by atoms with E-state index in [9.17, 15) is 27.2 Å². The first kappa shape index (κ1) is 29.1. The van der Waals surface area contributed by atoms with Crippen molar-refractivity contribution in [1.29, 1.82) is 0 Å². The van der Waals surface area contributed by atoms with E-state index in [-0.39, 0.29) is 29.6 Å². The van der Waals surface area contributed by atoms with Crippen molar-refractivity contribution in [3.8, 4) is 0 Å². The number of H-pyrrole nitrogens is 1. The zero-order valence-electron chi connectivity index (χ0n) is 21.7. The topological polar surface area (TPSA) is 115 Å². The zero-order valence-corrected chi connectivity index (χ0v) is 21.7. The minimum absolute atomic E-state index is 0.0248. The molecule has 0 aliphatic carbocycles. The Bertz CT molecular complexity index is 1330. The number of aliphatic carboxylic acids is 1. The van der Waals surface area contributed by atoms with Gasteiger partial charge in [-0.25, -0.2) is 9.18 Å². The molecule has 2 atom stereocenters. The maximum absolute atomic E-state index is 13.4. The minimum Gasteiger partial charge on any atom is -0.475 e. The third kappa shape index (κ3) is 6.44.